The molecule has 2 aromatic carbocycles. The van der Waals surface area contributed by atoms with Crippen molar-refractivity contribution >= 4 is 11.6 Å². The Morgan fingerprint density at radius 3 is 2.50 bits per heavy atom. The molecule has 3 rings (SSSR count). The third-order valence-corrected chi connectivity index (χ3v) is 4.29. The number of anilines is 1. The van der Waals surface area contributed by atoms with Gasteiger partial charge < -0.3 is 19.1 Å². The molecule has 0 atom stereocenters. The first-order valence-electron chi connectivity index (χ1n) is 7.84. The van der Waals surface area contributed by atoms with Gasteiger partial charge in [0.2, 0.25) is 5.91 Å². The molecule has 5 nitrogen and oxygen atoms in total. The summed E-state index contributed by atoms with van der Waals surface area (Å²) in [5, 5.41) is 0. The number of hydrogen-bond donors (Lipinski definition) is 0. The molecule has 0 fully saturated rings. The molecule has 1 aliphatic rings. The number of carbonyl (C=O) groups is 1. The van der Waals surface area contributed by atoms with Gasteiger partial charge in [0.1, 0.15) is 5.75 Å². The molecular weight excluding hydrogens is 306 g/mol. The maximum absolute atomic E-state index is 12.7. The van der Waals surface area contributed by atoms with E-state index in [1.54, 1.807) is 21.3 Å². The van der Waals surface area contributed by atoms with Crippen molar-refractivity contribution in [2.24, 2.45) is 0 Å². The summed E-state index contributed by atoms with van der Waals surface area (Å²) in [5.41, 5.74) is 3.02. The van der Waals surface area contributed by atoms with Gasteiger partial charge in [-0.15, -0.1) is 0 Å². The van der Waals surface area contributed by atoms with Gasteiger partial charge in [-0.3, -0.25) is 4.79 Å². The van der Waals surface area contributed by atoms with Crippen LogP contribution in [0.3, 0.4) is 0 Å². The van der Waals surface area contributed by atoms with Crippen LogP contribution in [-0.2, 0) is 17.6 Å². The van der Waals surface area contributed by atoms with Gasteiger partial charge in [-0.2, -0.15) is 0 Å². The molecule has 0 spiro atoms. The maximum Gasteiger partial charge on any atom is 0.231 e. The third-order valence-electron chi connectivity index (χ3n) is 4.29. The summed E-state index contributed by atoms with van der Waals surface area (Å²) in [4.78, 5) is 14.5. The summed E-state index contributed by atoms with van der Waals surface area (Å²) >= 11 is 0. The first-order chi connectivity index (χ1) is 11.7. The van der Waals surface area contributed by atoms with Crippen LogP contribution in [0.25, 0.3) is 0 Å². The largest absolute Gasteiger partial charge is 0.497 e. The summed E-state index contributed by atoms with van der Waals surface area (Å²) in [7, 11) is 4.84. The fourth-order valence-electron chi connectivity index (χ4n) is 3.02. The normalized spacial score (nSPS) is 12.7. The van der Waals surface area contributed by atoms with E-state index in [1.165, 1.54) is 0 Å². The van der Waals surface area contributed by atoms with Gasteiger partial charge in [0.25, 0.3) is 0 Å². The van der Waals surface area contributed by atoms with Crippen LogP contribution in [0.15, 0.2) is 36.4 Å². The quantitative estimate of drug-likeness (QED) is 0.847. The lowest BCUT2D eigenvalue weighted by molar-refractivity contribution is -0.117. The maximum atomic E-state index is 12.7. The molecule has 24 heavy (non-hydrogen) atoms. The summed E-state index contributed by atoms with van der Waals surface area (Å²) in [6.07, 6.45) is 1.18. The van der Waals surface area contributed by atoms with Gasteiger partial charge in [-0.1, -0.05) is 6.07 Å². The number of carbonyl (C=O) groups excluding carboxylic acids is 1. The third kappa shape index (κ3) is 3.02. The van der Waals surface area contributed by atoms with Crippen molar-refractivity contribution in [1.82, 2.24) is 0 Å². The van der Waals surface area contributed by atoms with Gasteiger partial charge in [-0.05, 0) is 47.9 Å². The van der Waals surface area contributed by atoms with Crippen LogP contribution in [-0.4, -0.2) is 33.8 Å². The standard InChI is InChI=1S/C19H21NO4/c1-22-15-5-6-16-14(12-15)8-9-20(16)19(21)11-13-4-7-17(23-2)18(10-13)24-3/h4-7,10,12H,8-9,11H2,1-3H3. The highest BCUT2D eigenvalue weighted by Crippen LogP contribution is 2.32. The molecule has 1 heterocycles. The van der Waals surface area contributed by atoms with Gasteiger partial charge in [0, 0.05) is 12.2 Å². The highest BCUT2D eigenvalue weighted by atomic mass is 16.5. The minimum Gasteiger partial charge on any atom is -0.497 e. The van der Waals surface area contributed by atoms with Gasteiger partial charge >= 0.3 is 0 Å². The zero-order valence-corrected chi connectivity index (χ0v) is 14.2. The number of nitrogens with zero attached hydrogens (tertiary/aromatic N) is 1. The molecular formula is C19H21NO4. The Kier molecular flexibility index (Phi) is 4.60. The number of hydrogen-bond acceptors (Lipinski definition) is 4. The SMILES string of the molecule is COc1ccc2c(c1)CCN2C(=O)Cc1ccc(OC)c(OC)c1. The van der Waals surface area contributed by atoms with Crippen LogP contribution >= 0.6 is 0 Å². The highest BCUT2D eigenvalue weighted by molar-refractivity contribution is 5.96. The predicted molar refractivity (Wildman–Crippen MR) is 92.3 cm³/mol. The zero-order chi connectivity index (χ0) is 17.1. The number of ether oxygens (including phenoxy) is 3. The minimum absolute atomic E-state index is 0.0751. The van der Waals surface area contributed by atoms with E-state index in [2.05, 4.69) is 0 Å². The molecule has 1 aliphatic heterocycles. The number of rotatable bonds is 5. The van der Waals surface area contributed by atoms with Gasteiger partial charge in [0.15, 0.2) is 11.5 Å². The zero-order valence-electron chi connectivity index (χ0n) is 14.2. The Morgan fingerprint density at radius 2 is 1.79 bits per heavy atom. The molecule has 0 saturated carbocycles. The van der Waals surface area contributed by atoms with Crippen molar-refractivity contribution < 1.29 is 19.0 Å². The van der Waals surface area contributed by atoms with E-state index in [0.717, 1.165) is 29.0 Å². The fourth-order valence-corrected chi connectivity index (χ4v) is 3.02. The number of fused-ring (bicyclic) bond motifs is 1. The molecule has 0 saturated heterocycles. The van der Waals surface area contributed by atoms with Crippen LogP contribution in [0.5, 0.6) is 17.2 Å². The van der Waals surface area contributed by atoms with E-state index in [-0.39, 0.29) is 5.91 Å². The first-order valence-corrected chi connectivity index (χ1v) is 7.84. The van der Waals surface area contributed by atoms with Crippen molar-refractivity contribution in [3.8, 4) is 17.2 Å². The van der Waals surface area contributed by atoms with E-state index in [9.17, 15) is 4.79 Å². The number of amides is 1. The topological polar surface area (TPSA) is 48.0 Å². The van der Waals surface area contributed by atoms with Gasteiger partial charge in [-0.25, -0.2) is 0 Å². The van der Waals surface area contributed by atoms with Crippen LogP contribution < -0.4 is 19.1 Å². The lowest BCUT2D eigenvalue weighted by Gasteiger charge is -2.18. The molecule has 0 aromatic heterocycles. The number of methoxy groups -OCH3 is 3. The predicted octanol–water partition coefficient (Wildman–Crippen LogP) is 2.84. The summed E-state index contributed by atoms with van der Waals surface area (Å²) in [6, 6.07) is 11.4. The molecule has 0 radical (unpaired) electrons. The minimum atomic E-state index is 0.0751. The molecule has 0 unspecified atom stereocenters. The second-order valence-electron chi connectivity index (χ2n) is 5.66. The highest BCUT2D eigenvalue weighted by Gasteiger charge is 2.25. The Labute approximate surface area is 141 Å². The molecule has 5 heteroatoms. The Hall–Kier alpha value is -2.69. The van der Waals surface area contributed by atoms with E-state index in [1.807, 2.05) is 41.3 Å². The smallest absolute Gasteiger partial charge is 0.231 e. The fraction of sp³-hybridized carbons (Fsp3) is 0.316. The van der Waals surface area contributed by atoms with E-state index < -0.39 is 0 Å². The lowest BCUT2D eigenvalue weighted by atomic mass is 10.1. The molecule has 126 valence electrons. The monoisotopic (exact) mass is 327 g/mol. The Balaban J connectivity index is 1.77. The van der Waals surface area contributed by atoms with Crippen molar-refractivity contribution in [3.05, 3.63) is 47.5 Å². The average Bonchev–Trinajstić information content (AvgIpc) is 3.04. The first kappa shape index (κ1) is 16.2. The van der Waals surface area contributed by atoms with Crippen molar-refractivity contribution in [3.63, 3.8) is 0 Å². The number of benzene rings is 2. The average molecular weight is 327 g/mol. The van der Waals surface area contributed by atoms with E-state index >= 15 is 0 Å². The second-order valence-corrected chi connectivity index (χ2v) is 5.66. The van der Waals surface area contributed by atoms with Gasteiger partial charge in [0.05, 0.1) is 27.8 Å². The Bertz CT molecular complexity index is 757. The molecule has 0 aliphatic carbocycles. The molecule has 0 N–H and O–H groups in total. The van der Waals surface area contributed by atoms with E-state index in [4.69, 9.17) is 14.2 Å². The summed E-state index contributed by atoms with van der Waals surface area (Å²) < 4.78 is 15.8. The van der Waals surface area contributed by atoms with Crippen LogP contribution in [0.2, 0.25) is 0 Å². The summed E-state index contributed by atoms with van der Waals surface area (Å²) in [6.45, 7) is 0.703. The van der Waals surface area contributed by atoms with Crippen LogP contribution in [0.4, 0.5) is 5.69 Å². The molecule has 2 aromatic rings. The Morgan fingerprint density at radius 1 is 1.00 bits per heavy atom. The van der Waals surface area contributed by atoms with E-state index in [0.29, 0.717) is 24.5 Å². The molecule has 0 bridgehead atoms. The van der Waals surface area contributed by atoms with Crippen molar-refractivity contribution in [1.29, 1.82) is 0 Å². The van der Waals surface area contributed by atoms with Crippen LogP contribution in [0, 0.1) is 0 Å². The van der Waals surface area contributed by atoms with Crippen LogP contribution in [0.1, 0.15) is 11.1 Å². The lowest BCUT2D eigenvalue weighted by Crippen LogP contribution is -2.30. The van der Waals surface area contributed by atoms with Crippen molar-refractivity contribution in [2.45, 2.75) is 12.8 Å². The molecule has 1 amide bonds. The summed E-state index contributed by atoms with van der Waals surface area (Å²) in [5.74, 6) is 2.19. The van der Waals surface area contributed by atoms with Crippen molar-refractivity contribution in [2.75, 3.05) is 32.8 Å². The second kappa shape index (κ2) is 6.83.